The molecule has 1 aliphatic heterocycles. The first kappa shape index (κ1) is 22.5. The van der Waals surface area contributed by atoms with Gasteiger partial charge in [0.15, 0.2) is 0 Å². The molecule has 8 heteroatoms. The second-order valence-corrected chi connectivity index (χ2v) is 8.72. The standard InChI is InChI=1S/C23H31N7O/c1-13(2)17-8-16(9-18(14(3)4)19(17)10-24)28-22-20(21(26)31)11-27-23(29-22)30-7-5-6-15(25)12-30/h8-9,11,13-15H,5-7,12,25H2,1-4H3,(H2,26,31)(H,27,28,29). The Bertz CT molecular complexity index is 980. The van der Waals surface area contributed by atoms with Crippen molar-refractivity contribution in [3.8, 4) is 6.07 Å². The number of hydrogen-bond donors (Lipinski definition) is 3. The van der Waals surface area contributed by atoms with Gasteiger partial charge in [0.2, 0.25) is 5.95 Å². The molecule has 0 aliphatic carbocycles. The van der Waals surface area contributed by atoms with Gasteiger partial charge in [0.1, 0.15) is 11.4 Å². The number of carbonyl (C=O) groups excluding carboxylic acids is 1. The number of primary amides is 1. The maximum atomic E-state index is 12.0. The van der Waals surface area contributed by atoms with Gasteiger partial charge in [-0.25, -0.2) is 4.98 Å². The fourth-order valence-corrected chi connectivity index (χ4v) is 3.93. The first-order valence-electron chi connectivity index (χ1n) is 10.7. The Kier molecular flexibility index (Phi) is 6.76. The molecule has 0 bridgehead atoms. The van der Waals surface area contributed by atoms with Crippen LogP contribution in [0.2, 0.25) is 0 Å². The molecule has 1 amide bonds. The highest BCUT2D eigenvalue weighted by molar-refractivity contribution is 5.98. The van der Waals surface area contributed by atoms with E-state index in [0.29, 0.717) is 23.9 Å². The van der Waals surface area contributed by atoms with Gasteiger partial charge in [0.25, 0.3) is 5.91 Å². The normalized spacial score (nSPS) is 16.5. The number of amides is 1. The van der Waals surface area contributed by atoms with Crippen LogP contribution >= 0.6 is 0 Å². The second-order valence-electron chi connectivity index (χ2n) is 8.72. The molecule has 1 atom stereocenters. The van der Waals surface area contributed by atoms with Gasteiger partial charge in [-0.2, -0.15) is 10.2 Å². The summed E-state index contributed by atoms with van der Waals surface area (Å²) < 4.78 is 0. The maximum Gasteiger partial charge on any atom is 0.254 e. The number of nitrogens with one attached hydrogen (secondary N) is 1. The first-order chi connectivity index (χ1) is 14.7. The van der Waals surface area contributed by atoms with Crippen LogP contribution in [0.3, 0.4) is 0 Å². The van der Waals surface area contributed by atoms with Crippen molar-refractivity contribution in [3.63, 3.8) is 0 Å². The van der Waals surface area contributed by atoms with E-state index in [1.165, 1.54) is 6.20 Å². The van der Waals surface area contributed by atoms with Crippen molar-refractivity contribution >= 4 is 23.4 Å². The van der Waals surface area contributed by atoms with Crippen LogP contribution in [0.1, 0.15) is 79.4 Å². The van der Waals surface area contributed by atoms with E-state index >= 15 is 0 Å². The molecule has 5 N–H and O–H groups in total. The SMILES string of the molecule is CC(C)c1cc(Nc2nc(N3CCCC(N)C3)ncc2C(N)=O)cc(C(C)C)c1C#N. The molecule has 1 saturated heterocycles. The zero-order valence-corrected chi connectivity index (χ0v) is 18.6. The van der Waals surface area contributed by atoms with Crippen LogP contribution in [-0.4, -0.2) is 35.0 Å². The molecular formula is C23H31N7O. The summed E-state index contributed by atoms with van der Waals surface area (Å²) in [7, 11) is 0. The summed E-state index contributed by atoms with van der Waals surface area (Å²) in [6.45, 7) is 9.71. The number of carbonyl (C=O) groups is 1. The number of benzene rings is 1. The topological polar surface area (TPSA) is 134 Å². The van der Waals surface area contributed by atoms with Crippen LogP contribution in [0.5, 0.6) is 0 Å². The molecule has 1 aromatic carbocycles. The minimum absolute atomic E-state index is 0.0744. The lowest BCUT2D eigenvalue weighted by atomic mass is 9.88. The summed E-state index contributed by atoms with van der Waals surface area (Å²) in [6.07, 6.45) is 3.40. The molecule has 31 heavy (non-hydrogen) atoms. The average Bonchev–Trinajstić information content (AvgIpc) is 2.72. The number of aromatic nitrogens is 2. The van der Waals surface area contributed by atoms with Gasteiger partial charge in [-0.1, -0.05) is 27.7 Å². The fraction of sp³-hybridized carbons (Fsp3) is 0.478. The van der Waals surface area contributed by atoms with Crippen molar-refractivity contribution in [2.45, 2.75) is 58.4 Å². The van der Waals surface area contributed by atoms with Gasteiger partial charge in [-0.05, 0) is 47.9 Å². The van der Waals surface area contributed by atoms with E-state index in [0.717, 1.165) is 36.2 Å². The molecule has 3 rings (SSSR count). The molecule has 8 nitrogen and oxygen atoms in total. The van der Waals surface area contributed by atoms with Gasteiger partial charge in [-0.3, -0.25) is 4.79 Å². The third-order valence-electron chi connectivity index (χ3n) is 5.60. The maximum absolute atomic E-state index is 12.0. The summed E-state index contributed by atoms with van der Waals surface area (Å²) in [5.41, 5.74) is 15.3. The summed E-state index contributed by atoms with van der Waals surface area (Å²) >= 11 is 0. The number of piperidine rings is 1. The van der Waals surface area contributed by atoms with E-state index in [2.05, 4.69) is 49.0 Å². The molecule has 2 aromatic rings. The minimum Gasteiger partial charge on any atom is -0.365 e. The van der Waals surface area contributed by atoms with E-state index < -0.39 is 5.91 Å². The van der Waals surface area contributed by atoms with Crippen LogP contribution < -0.4 is 21.7 Å². The van der Waals surface area contributed by atoms with Crippen molar-refractivity contribution < 1.29 is 4.79 Å². The van der Waals surface area contributed by atoms with Crippen molar-refractivity contribution in [1.82, 2.24) is 9.97 Å². The van der Waals surface area contributed by atoms with Gasteiger partial charge >= 0.3 is 0 Å². The van der Waals surface area contributed by atoms with Crippen LogP contribution in [0.4, 0.5) is 17.5 Å². The minimum atomic E-state index is -0.605. The van der Waals surface area contributed by atoms with Gasteiger partial charge in [0.05, 0.1) is 11.6 Å². The van der Waals surface area contributed by atoms with Crippen molar-refractivity contribution in [3.05, 3.63) is 40.6 Å². The molecule has 1 aromatic heterocycles. The lowest BCUT2D eigenvalue weighted by Gasteiger charge is -2.31. The monoisotopic (exact) mass is 421 g/mol. The predicted octanol–water partition coefficient (Wildman–Crippen LogP) is 3.37. The van der Waals surface area contributed by atoms with Crippen molar-refractivity contribution in [2.75, 3.05) is 23.3 Å². The largest absolute Gasteiger partial charge is 0.365 e. The van der Waals surface area contributed by atoms with Crippen LogP contribution in [0, 0.1) is 11.3 Å². The lowest BCUT2D eigenvalue weighted by molar-refractivity contribution is 0.100. The summed E-state index contributed by atoms with van der Waals surface area (Å²) in [4.78, 5) is 23.0. The number of hydrogen-bond acceptors (Lipinski definition) is 7. The van der Waals surface area contributed by atoms with Crippen LogP contribution in [-0.2, 0) is 0 Å². The highest BCUT2D eigenvalue weighted by Crippen LogP contribution is 2.32. The first-order valence-corrected chi connectivity index (χ1v) is 10.7. The molecular weight excluding hydrogens is 390 g/mol. The average molecular weight is 422 g/mol. The lowest BCUT2D eigenvalue weighted by Crippen LogP contribution is -2.43. The molecule has 0 spiro atoms. The molecule has 1 fully saturated rings. The zero-order chi connectivity index (χ0) is 22.7. The zero-order valence-electron chi connectivity index (χ0n) is 18.6. The van der Waals surface area contributed by atoms with Gasteiger partial charge < -0.3 is 21.7 Å². The second kappa shape index (κ2) is 9.31. The van der Waals surface area contributed by atoms with E-state index in [1.807, 2.05) is 17.0 Å². The quantitative estimate of drug-likeness (QED) is 0.651. The number of rotatable bonds is 6. The fourth-order valence-electron chi connectivity index (χ4n) is 3.93. The number of nitriles is 1. The molecule has 0 saturated carbocycles. The highest BCUT2D eigenvalue weighted by Gasteiger charge is 2.22. The Balaban J connectivity index is 2.05. The smallest absolute Gasteiger partial charge is 0.254 e. The Morgan fingerprint density at radius 3 is 2.42 bits per heavy atom. The molecule has 1 unspecified atom stereocenters. The number of nitrogens with two attached hydrogens (primary N) is 2. The molecule has 164 valence electrons. The van der Waals surface area contributed by atoms with Crippen LogP contribution in [0.25, 0.3) is 0 Å². The molecule has 0 radical (unpaired) electrons. The Morgan fingerprint density at radius 1 is 1.26 bits per heavy atom. The van der Waals surface area contributed by atoms with Crippen molar-refractivity contribution in [1.29, 1.82) is 5.26 Å². The third kappa shape index (κ3) is 4.94. The van der Waals surface area contributed by atoms with E-state index in [9.17, 15) is 10.1 Å². The van der Waals surface area contributed by atoms with E-state index in [4.69, 9.17) is 11.5 Å². The Labute approximate surface area is 183 Å². The Morgan fingerprint density at radius 2 is 1.90 bits per heavy atom. The predicted molar refractivity (Wildman–Crippen MR) is 123 cm³/mol. The Hall–Kier alpha value is -3.18. The van der Waals surface area contributed by atoms with Crippen molar-refractivity contribution in [2.24, 2.45) is 11.5 Å². The molecule has 2 heterocycles. The van der Waals surface area contributed by atoms with Gasteiger partial charge in [-0.15, -0.1) is 0 Å². The summed E-state index contributed by atoms with van der Waals surface area (Å²) in [6, 6.07) is 6.32. The number of anilines is 3. The van der Waals surface area contributed by atoms with E-state index in [1.54, 1.807) is 0 Å². The summed E-state index contributed by atoms with van der Waals surface area (Å²) in [5, 5.41) is 13.0. The number of nitrogens with zero attached hydrogens (tertiary/aromatic N) is 4. The summed E-state index contributed by atoms with van der Waals surface area (Å²) in [5.74, 6) is 0.599. The molecule has 1 aliphatic rings. The third-order valence-corrected chi connectivity index (χ3v) is 5.60. The van der Waals surface area contributed by atoms with Crippen LogP contribution in [0.15, 0.2) is 18.3 Å². The van der Waals surface area contributed by atoms with Gasteiger partial charge in [0, 0.05) is 31.0 Å². The van der Waals surface area contributed by atoms with E-state index in [-0.39, 0.29) is 23.4 Å². The highest BCUT2D eigenvalue weighted by atomic mass is 16.1.